The summed E-state index contributed by atoms with van der Waals surface area (Å²) in [5.41, 5.74) is 1.41. The van der Waals surface area contributed by atoms with Gasteiger partial charge in [-0.1, -0.05) is 55.8 Å². The highest BCUT2D eigenvalue weighted by atomic mass is 35.5. The van der Waals surface area contributed by atoms with E-state index in [0.29, 0.717) is 0 Å². The average molecular weight is 290 g/mol. The Hall–Kier alpha value is -1.05. The monoisotopic (exact) mass is 289 g/mol. The van der Waals surface area contributed by atoms with E-state index in [4.69, 9.17) is 11.6 Å². The van der Waals surface area contributed by atoms with Gasteiger partial charge >= 0.3 is 0 Å². The van der Waals surface area contributed by atoms with Gasteiger partial charge in [0, 0.05) is 10.4 Å². The van der Waals surface area contributed by atoms with Crippen LogP contribution in [0.5, 0.6) is 0 Å². The number of unbranched alkanes of at least 4 members (excludes halogenated alkanes) is 1. The second kappa shape index (κ2) is 7.66. The van der Waals surface area contributed by atoms with Crippen molar-refractivity contribution < 1.29 is 0 Å². The summed E-state index contributed by atoms with van der Waals surface area (Å²) in [6.07, 6.45) is 3.57. The van der Waals surface area contributed by atoms with Gasteiger partial charge in [0.2, 0.25) is 0 Å². The molecule has 1 nitrogen and oxygen atoms in total. The summed E-state index contributed by atoms with van der Waals surface area (Å²) >= 11 is 6.25. The zero-order valence-electron chi connectivity index (χ0n) is 12.5. The highest BCUT2D eigenvalue weighted by Gasteiger charge is 2.04. The van der Waals surface area contributed by atoms with Gasteiger partial charge in [-0.15, -0.1) is 0 Å². The molecule has 2 aromatic rings. The first-order valence-electron chi connectivity index (χ1n) is 7.55. The molecule has 0 atom stereocenters. The van der Waals surface area contributed by atoms with Crippen molar-refractivity contribution in [1.82, 2.24) is 5.32 Å². The largest absolute Gasteiger partial charge is 0.316 e. The van der Waals surface area contributed by atoms with Crippen molar-refractivity contribution in [1.29, 1.82) is 0 Å². The van der Waals surface area contributed by atoms with E-state index in [9.17, 15) is 0 Å². The van der Waals surface area contributed by atoms with Gasteiger partial charge in [0.05, 0.1) is 0 Å². The van der Waals surface area contributed by atoms with Gasteiger partial charge in [-0.3, -0.25) is 0 Å². The summed E-state index contributed by atoms with van der Waals surface area (Å²) in [4.78, 5) is 0. The number of nitrogens with one attached hydrogen (secondary N) is 1. The minimum absolute atomic E-state index is 0.732. The van der Waals surface area contributed by atoms with Crippen LogP contribution in [0.3, 0.4) is 0 Å². The van der Waals surface area contributed by atoms with Crippen molar-refractivity contribution in [3.8, 4) is 0 Å². The third-order valence-corrected chi connectivity index (χ3v) is 3.89. The lowest BCUT2D eigenvalue weighted by molar-refractivity contribution is 0.536. The summed E-state index contributed by atoms with van der Waals surface area (Å²) in [6, 6.07) is 12.6. The summed E-state index contributed by atoms with van der Waals surface area (Å²) in [7, 11) is 0. The Bertz CT molecular complexity index is 548. The molecule has 0 bridgehead atoms. The van der Waals surface area contributed by atoms with Gasteiger partial charge in [0.1, 0.15) is 0 Å². The number of aryl methyl sites for hydroxylation is 1. The van der Waals surface area contributed by atoms with Crippen molar-refractivity contribution in [2.75, 3.05) is 13.1 Å². The van der Waals surface area contributed by atoms with E-state index in [1.165, 1.54) is 29.2 Å². The Kier molecular flexibility index (Phi) is 5.87. The van der Waals surface area contributed by atoms with Gasteiger partial charge in [-0.05, 0) is 55.3 Å². The summed E-state index contributed by atoms with van der Waals surface area (Å²) in [6.45, 7) is 6.72. The smallest absolute Gasteiger partial charge is 0.0484 e. The SMILES string of the molecule is CC(C)CNCCCCc1ccc(Cl)c2ccccc12. The van der Waals surface area contributed by atoms with Crippen LogP contribution in [0.25, 0.3) is 10.8 Å². The number of fused-ring (bicyclic) bond motifs is 1. The lowest BCUT2D eigenvalue weighted by Crippen LogP contribution is -2.20. The molecule has 0 aliphatic carbocycles. The second-order valence-electron chi connectivity index (χ2n) is 5.81. The molecule has 1 N–H and O–H groups in total. The van der Waals surface area contributed by atoms with Crippen molar-refractivity contribution in [3.05, 3.63) is 47.0 Å². The molecular weight excluding hydrogens is 266 g/mol. The highest BCUT2D eigenvalue weighted by molar-refractivity contribution is 6.35. The molecule has 0 spiro atoms. The molecule has 0 saturated carbocycles. The molecule has 0 unspecified atom stereocenters. The van der Waals surface area contributed by atoms with Gasteiger partial charge in [0.25, 0.3) is 0 Å². The highest BCUT2D eigenvalue weighted by Crippen LogP contribution is 2.27. The molecule has 2 heteroatoms. The standard InChI is InChI=1S/C18H24ClN/c1-14(2)13-20-12-6-5-7-15-10-11-18(19)17-9-4-3-8-16(15)17/h3-4,8-11,14,20H,5-7,12-13H2,1-2H3. The quantitative estimate of drug-likeness (QED) is 0.702. The van der Waals surface area contributed by atoms with Crippen molar-refractivity contribution in [2.45, 2.75) is 33.1 Å². The van der Waals surface area contributed by atoms with E-state index < -0.39 is 0 Å². The van der Waals surface area contributed by atoms with Crippen LogP contribution in [0.15, 0.2) is 36.4 Å². The maximum absolute atomic E-state index is 6.25. The zero-order valence-corrected chi connectivity index (χ0v) is 13.2. The predicted molar refractivity (Wildman–Crippen MR) is 89.6 cm³/mol. The fourth-order valence-corrected chi connectivity index (χ4v) is 2.73. The fraction of sp³-hybridized carbons (Fsp3) is 0.444. The third-order valence-electron chi connectivity index (χ3n) is 3.56. The van der Waals surface area contributed by atoms with Crippen molar-refractivity contribution >= 4 is 22.4 Å². The minimum Gasteiger partial charge on any atom is -0.316 e. The topological polar surface area (TPSA) is 12.0 Å². The van der Waals surface area contributed by atoms with E-state index in [1.54, 1.807) is 0 Å². The Balaban J connectivity index is 1.89. The molecule has 2 rings (SSSR count). The maximum atomic E-state index is 6.25. The molecule has 0 amide bonds. The first-order chi connectivity index (χ1) is 9.68. The zero-order chi connectivity index (χ0) is 14.4. The molecule has 0 fully saturated rings. The minimum atomic E-state index is 0.732. The molecule has 2 aromatic carbocycles. The molecule has 0 aliphatic heterocycles. The Morgan fingerprint density at radius 3 is 2.50 bits per heavy atom. The van der Waals surface area contributed by atoms with Crippen LogP contribution in [-0.4, -0.2) is 13.1 Å². The van der Waals surface area contributed by atoms with Crippen LogP contribution in [-0.2, 0) is 6.42 Å². The van der Waals surface area contributed by atoms with Crippen LogP contribution >= 0.6 is 11.6 Å². The Labute approximate surface area is 127 Å². The van der Waals surface area contributed by atoms with E-state index in [2.05, 4.69) is 43.4 Å². The molecule has 0 radical (unpaired) electrons. The Morgan fingerprint density at radius 1 is 1.00 bits per heavy atom. The van der Waals surface area contributed by atoms with E-state index >= 15 is 0 Å². The number of hydrogen-bond donors (Lipinski definition) is 1. The number of rotatable bonds is 7. The second-order valence-corrected chi connectivity index (χ2v) is 6.21. The van der Waals surface area contributed by atoms with Crippen LogP contribution in [0, 0.1) is 5.92 Å². The molecule has 108 valence electrons. The first kappa shape index (κ1) is 15.3. The van der Waals surface area contributed by atoms with Crippen molar-refractivity contribution in [2.24, 2.45) is 5.92 Å². The van der Waals surface area contributed by atoms with E-state index in [-0.39, 0.29) is 0 Å². The van der Waals surface area contributed by atoms with Gasteiger partial charge in [-0.25, -0.2) is 0 Å². The normalized spacial score (nSPS) is 11.4. The van der Waals surface area contributed by atoms with E-state index in [1.807, 2.05) is 12.1 Å². The molecule has 0 aliphatic rings. The van der Waals surface area contributed by atoms with E-state index in [0.717, 1.165) is 30.5 Å². The molecular formula is C18H24ClN. The Morgan fingerprint density at radius 2 is 1.75 bits per heavy atom. The lowest BCUT2D eigenvalue weighted by Gasteiger charge is -2.09. The number of hydrogen-bond acceptors (Lipinski definition) is 1. The maximum Gasteiger partial charge on any atom is 0.0484 e. The molecule has 0 saturated heterocycles. The molecule has 20 heavy (non-hydrogen) atoms. The summed E-state index contributed by atoms with van der Waals surface area (Å²) in [5, 5.41) is 6.82. The summed E-state index contributed by atoms with van der Waals surface area (Å²) < 4.78 is 0. The molecule has 0 aromatic heterocycles. The number of benzene rings is 2. The molecule has 0 heterocycles. The first-order valence-corrected chi connectivity index (χ1v) is 7.93. The van der Waals surface area contributed by atoms with Crippen LogP contribution < -0.4 is 5.32 Å². The average Bonchev–Trinajstić information content (AvgIpc) is 2.45. The van der Waals surface area contributed by atoms with Gasteiger partial charge in [-0.2, -0.15) is 0 Å². The predicted octanol–water partition coefficient (Wildman–Crippen LogP) is 5.06. The van der Waals surface area contributed by atoms with Gasteiger partial charge < -0.3 is 5.32 Å². The van der Waals surface area contributed by atoms with Crippen molar-refractivity contribution in [3.63, 3.8) is 0 Å². The number of halogens is 1. The third kappa shape index (κ3) is 4.22. The van der Waals surface area contributed by atoms with Crippen LogP contribution in [0.4, 0.5) is 0 Å². The fourth-order valence-electron chi connectivity index (χ4n) is 2.50. The van der Waals surface area contributed by atoms with Gasteiger partial charge in [0.15, 0.2) is 0 Å². The van der Waals surface area contributed by atoms with Crippen LogP contribution in [0.2, 0.25) is 5.02 Å². The lowest BCUT2D eigenvalue weighted by atomic mass is 10.00. The summed E-state index contributed by atoms with van der Waals surface area (Å²) in [5.74, 6) is 0.732. The van der Waals surface area contributed by atoms with Crippen LogP contribution in [0.1, 0.15) is 32.3 Å².